The predicted octanol–water partition coefficient (Wildman–Crippen LogP) is 2.30. The molecule has 21 heavy (non-hydrogen) atoms. The van der Waals surface area contributed by atoms with E-state index >= 15 is 0 Å². The highest BCUT2D eigenvalue weighted by Gasteiger charge is 2.14. The van der Waals surface area contributed by atoms with Gasteiger partial charge in [-0.3, -0.25) is 4.79 Å². The van der Waals surface area contributed by atoms with Crippen molar-refractivity contribution in [1.82, 2.24) is 10.2 Å². The van der Waals surface area contributed by atoms with Crippen molar-refractivity contribution in [3.8, 4) is 0 Å². The van der Waals surface area contributed by atoms with Crippen LogP contribution in [0.25, 0.3) is 0 Å². The van der Waals surface area contributed by atoms with E-state index in [0.717, 1.165) is 30.8 Å². The minimum atomic E-state index is -0.586. The minimum absolute atomic E-state index is 0. The third-order valence-electron chi connectivity index (χ3n) is 3.34. The molecular formula is C15H27Cl2N3O. The zero-order chi connectivity index (χ0) is 14.3. The number of likely N-dealkylation sites (N-methyl/N-ethyl adjacent to an activating group) is 1. The summed E-state index contributed by atoms with van der Waals surface area (Å²) < 4.78 is 0. The summed E-state index contributed by atoms with van der Waals surface area (Å²) in [6.45, 7) is 9.73. The highest BCUT2D eigenvalue weighted by Crippen LogP contribution is 2.11. The summed E-state index contributed by atoms with van der Waals surface area (Å²) in [5, 5.41) is 2.89. The average Bonchev–Trinajstić information content (AvgIpc) is 2.43. The Kier molecular flexibility index (Phi) is 12.6. The Hall–Kier alpha value is -0.810. The highest BCUT2D eigenvalue weighted by atomic mass is 35.5. The Balaban J connectivity index is 0. The van der Waals surface area contributed by atoms with E-state index < -0.39 is 6.04 Å². The molecule has 0 spiro atoms. The van der Waals surface area contributed by atoms with Crippen LogP contribution in [0.2, 0.25) is 0 Å². The van der Waals surface area contributed by atoms with Crippen molar-refractivity contribution in [3.63, 3.8) is 0 Å². The van der Waals surface area contributed by atoms with Gasteiger partial charge in [0.15, 0.2) is 0 Å². The van der Waals surface area contributed by atoms with Gasteiger partial charge in [-0.05, 0) is 25.6 Å². The molecule has 0 aliphatic rings. The van der Waals surface area contributed by atoms with Gasteiger partial charge in [0.05, 0.1) is 0 Å². The number of amides is 1. The zero-order valence-electron chi connectivity index (χ0n) is 13.0. The quantitative estimate of drug-likeness (QED) is 0.803. The molecule has 0 radical (unpaired) electrons. The first-order valence-corrected chi connectivity index (χ1v) is 6.90. The van der Waals surface area contributed by atoms with Gasteiger partial charge in [-0.1, -0.05) is 43.7 Å². The normalized spacial score (nSPS) is 11.3. The largest absolute Gasteiger partial charge is 0.353 e. The van der Waals surface area contributed by atoms with Gasteiger partial charge in [-0.2, -0.15) is 0 Å². The van der Waals surface area contributed by atoms with Crippen molar-refractivity contribution in [3.05, 3.63) is 35.4 Å². The van der Waals surface area contributed by atoms with Crippen molar-refractivity contribution in [2.45, 2.75) is 26.8 Å². The van der Waals surface area contributed by atoms with Crippen LogP contribution in [0.15, 0.2) is 24.3 Å². The fourth-order valence-corrected chi connectivity index (χ4v) is 1.91. The molecule has 4 nitrogen and oxygen atoms in total. The Labute approximate surface area is 140 Å². The number of nitrogens with two attached hydrogens (primary N) is 1. The molecule has 1 atom stereocenters. The standard InChI is InChI=1S/C15H25N3O.2ClH/c1-4-18(5-2)11-10-17-15(19)14(16)13-8-6-12(3)7-9-13;;/h6-9,14H,4-5,10-11,16H2,1-3H3,(H,17,19);2*1H. The van der Waals surface area contributed by atoms with Gasteiger partial charge in [0.25, 0.3) is 0 Å². The number of nitrogens with one attached hydrogen (secondary N) is 1. The van der Waals surface area contributed by atoms with Crippen molar-refractivity contribution < 1.29 is 4.79 Å². The monoisotopic (exact) mass is 335 g/mol. The topological polar surface area (TPSA) is 58.4 Å². The summed E-state index contributed by atoms with van der Waals surface area (Å²) in [7, 11) is 0. The highest BCUT2D eigenvalue weighted by molar-refractivity contribution is 5.85. The van der Waals surface area contributed by atoms with Gasteiger partial charge in [-0.25, -0.2) is 0 Å². The molecule has 0 aliphatic carbocycles. The molecule has 0 aromatic heterocycles. The maximum Gasteiger partial charge on any atom is 0.241 e. The second-order valence-electron chi connectivity index (χ2n) is 4.71. The van der Waals surface area contributed by atoms with Crippen LogP contribution in [0, 0.1) is 6.92 Å². The molecule has 1 rings (SSSR count). The summed E-state index contributed by atoms with van der Waals surface area (Å²) in [5.74, 6) is -0.115. The number of carbonyl (C=O) groups excluding carboxylic acids is 1. The van der Waals surface area contributed by atoms with Crippen LogP contribution in [-0.4, -0.2) is 37.0 Å². The molecule has 0 heterocycles. The lowest BCUT2D eigenvalue weighted by atomic mass is 10.1. The Bertz CT molecular complexity index is 394. The van der Waals surface area contributed by atoms with Gasteiger partial charge in [-0.15, -0.1) is 24.8 Å². The Morgan fingerprint density at radius 2 is 1.71 bits per heavy atom. The molecule has 3 N–H and O–H groups in total. The second-order valence-corrected chi connectivity index (χ2v) is 4.71. The van der Waals surface area contributed by atoms with Crippen molar-refractivity contribution in [1.29, 1.82) is 0 Å². The molecule has 0 fully saturated rings. The Morgan fingerprint density at radius 3 is 2.19 bits per heavy atom. The molecule has 0 saturated carbocycles. The van der Waals surface area contributed by atoms with E-state index in [-0.39, 0.29) is 30.7 Å². The lowest BCUT2D eigenvalue weighted by Crippen LogP contribution is -2.39. The van der Waals surface area contributed by atoms with Crippen LogP contribution in [0.1, 0.15) is 31.0 Å². The van der Waals surface area contributed by atoms with Crippen molar-refractivity contribution in [2.75, 3.05) is 26.2 Å². The molecule has 1 aromatic rings. The summed E-state index contributed by atoms with van der Waals surface area (Å²) in [6, 6.07) is 7.17. The second kappa shape index (κ2) is 11.8. The molecule has 0 saturated heterocycles. The lowest BCUT2D eigenvalue weighted by molar-refractivity contribution is -0.122. The first-order chi connectivity index (χ1) is 9.08. The summed E-state index contributed by atoms with van der Waals surface area (Å²) in [4.78, 5) is 14.2. The van der Waals surface area contributed by atoms with Gasteiger partial charge in [0.2, 0.25) is 5.91 Å². The van der Waals surface area contributed by atoms with Gasteiger partial charge in [0, 0.05) is 13.1 Å². The number of benzene rings is 1. The predicted molar refractivity (Wildman–Crippen MR) is 93.4 cm³/mol. The number of nitrogens with zero attached hydrogens (tertiary/aromatic N) is 1. The van der Waals surface area contributed by atoms with E-state index in [1.165, 1.54) is 0 Å². The first kappa shape index (κ1) is 22.5. The SMILES string of the molecule is CCN(CC)CCNC(=O)C(N)c1ccc(C)cc1.Cl.Cl. The molecule has 0 aliphatic heterocycles. The fourth-order valence-electron chi connectivity index (χ4n) is 1.91. The Morgan fingerprint density at radius 1 is 1.19 bits per heavy atom. The smallest absolute Gasteiger partial charge is 0.241 e. The molecule has 1 unspecified atom stereocenters. The summed E-state index contributed by atoms with van der Waals surface area (Å²) >= 11 is 0. The van der Waals surface area contributed by atoms with E-state index in [9.17, 15) is 4.79 Å². The number of aryl methyl sites for hydroxylation is 1. The van der Waals surface area contributed by atoms with Crippen molar-refractivity contribution >= 4 is 30.7 Å². The molecule has 6 heteroatoms. The summed E-state index contributed by atoms with van der Waals surface area (Å²) in [6.07, 6.45) is 0. The third-order valence-corrected chi connectivity index (χ3v) is 3.34. The molecular weight excluding hydrogens is 309 g/mol. The van der Waals surface area contributed by atoms with Crippen LogP contribution >= 0.6 is 24.8 Å². The maximum absolute atomic E-state index is 11.9. The number of rotatable bonds is 7. The van der Waals surface area contributed by atoms with Crippen LogP contribution in [0.4, 0.5) is 0 Å². The zero-order valence-corrected chi connectivity index (χ0v) is 14.6. The summed E-state index contributed by atoms with van der Waals surface area (Å²) in [5.41, 5.74) is 7.96. The fraction of sp³-hybridized carbons (Fsp3) is 0.533. The van der Waals surface area contributed by atoms with Gasteiger partial charge >= 0.3 is 0 Å². The maximum atomic E-state index is 11.9. The lowest BCUT2D eigenvalue weighted by Gasteiger charge is -2.19. The average molecular weight is 336 g/mol. The van der Waals surface area contributed by atoms with E-state index in [1.54, 1.807) is 0 Å². The van der Waals surface area contributed by atoms with Gasteiger partial charge in [0.1, 0.15) is 6.04 Å². The number of carbonyl (C=O) groups is 1. The van der Waals surface area contributed by atoms with E-state index in [2.05, 4.69) is 24.1 Å². The molecule has 1 amide bonds. The molecule has 1 aromatic carbocycles. The van der Waals surface area contributed by atoms with Crippen LogP contribution in [0.5, 0.6) is 0 Å². The van der Waals surface area contributed by atoms with E-state index in [0.29, 0.717) is 6.54 Å². The van der Waals surface area contributed by atoms with Crippen LogP contribution in [-0.2, 0) is 4.79 Å². The van der Waals surface area contributed by atoms with E-state index in [4.69, 9.17) is 5.73 Å². The number of halogens is 2. The minimum Gasteiger partial charge on any atom is -0.353 e. The van der Waals surface area contributed by atoms with Crippen LogP contribution < -0.4 is 11.1 Å². The van der Waals surface area contributed by atoms with Gasteiger partial charge < -0.3 is 16.0 Å². The van der Waals surface area contributed by atoms with Crippen LogP contribution in [0.3, 0.4) is 0 Å². The van der Waals surface area contributed by atoms with E-state index in [1.807, 2.05) is 31.2 Å². The third kappa shape index (κ3) is 7.67. The molecule has 122 valence electrons. The number of hydrogen-bond acceptors (Lipinski definition) is 3. The molecule has 0 bridgehead atoms. The van der Waals surface area contributed by atoms with Crippen molar-refractivity contribution in [2.24, 2.45) is 5.73 Å². The first-order valence-electron chi connectivity index (χ1n) is 6.90. The number of hydrogen-bond donors (Lipinski definition) is 2.